The van der Waals surface area contributed by atoms with Gasteiger partial charge >= 0.3 is 0 Å². The number of aliphatic hydroxyl groups is 1. The molecule has 0 fully saturated rings. The normalized spacial score (nSPS) is 12.7. The standard InChI is InChI=1S/C16H16N2O/c17-9-11-5-7-12(8-6-11)16(19)14-10-18-15-4-2-1-3-13(14)15/h1-8,10,16,18-19H,9,17H2. The molecule has 1 atom stereocenters. The van der Waals surface area contributed by atoms with E-state index >= 15 is 0 Å². The number of benzene rings is 2. The van der Waals surface area contributed by atoms with Crippen LogP contribution in [0.25, 0.3) is 10.9 Å². The molecule has 1 heterocycles. The van der Waals surface area contributed by atoms with Crippen molar-refractivity contribution in [3.05, 3.63) is 71.4 Å². The van der Waals surface area contributed by atoms with Crippen molar-refractivity contribution < 1.29 is 5.11 Å². The minimum Gasteiger partial charge on any atom is -0.384 e. The van der Waals surface area contributed by atoms with Gasteiger partial charge in [-0.15, -0.1) is 0 Å². The van der Waals surface area contributed by atoms with E-state index in [-0.39, 0.29) is 0 Å². The van der Waals surface area contributed by atoms with E-state index in [4.69, 9.17) is 5.73 Å². The van der Waals surface area contributed by atoms with Gasteiger partial charge in [0.05, 0.1) is 0 Å². The lowest BCUT2D eigenvalue weighted by Crippen LogP contribution is -2.00. The first kappa shape index (κ1) is 12.0. The second-order valence-corrected chi connectivity index (χ2v) is 4.64. The molecule has 3 rings (SSSR count). The third kappa shape index (κ3) is 2.14. The molecule has 0 spiro atoms. The van der Waals surface area contributed by atoms with Crippen molar-refractivity contribution in [1.29, 1.82) is 0 Å². The third-order valence-electron chi connectivity index (χ3n) is 3.45. The second kappa shape index (κ2) is 4.88. The molecule has 0 amide bonds. The van der Waals surface area contributed by atoms with Gasteiger partial charge in [0.2, 0.25) is 0 Å². The summed E-state index contributed by atoms with van der Waals surface area (Å²) in [5.41, 5.74) is 9.46. The van der Waals surface area contributed by atoms with E-state index in [0.717, 1.165) is 27.6 Å². The lowest BCUT2D eigenvalue weighted by molar-refractivity contribution is 0.222. The monoisotopic (exact) mass is 252 g/mol. The largest absolute Gasteiger partial charge is 0.384 e. The van der Waals surface area contributed by atoms with Gasteiger partial charge < -0.3 is 15.8 Å². The Morgan fingerprint density at radius 1 is 1.05 bits per heavy atom. The van der Waals surface area contributed by atoms with E-state index < -0.39 is 6.10 Å². The fraction of sp³-hybridized carbons (Fsp3) is 0.125. The molecule has 96 valence electrons. The van der Waals surface area contributed by atoms with E-state index in [1.54, 1.807) is 0 Å². The lowest BCUT2D eigenvalue weighted by atomic mass is 10.00. The summed E-state index contributed by atoms with van der Waals surface area (Å²) in [6.07, 6.45) is 1.24. The molecular weight excluding hydrogens is 236 g/mol. The molecule has 4 N–H and O–H groups in total. The predicted molar refractivity (Wildman–Crippen MR) is 76.7 cm³/mol. The molecular formula is C16H16N2O. The molecule has 0 saturated heterocycles. The maximum atomic E-state index is 10.5. The molecule has 19 heavy (non-hydrogen) atoms. The van der Waals surface area contributed by atoms with Crippen molar-refractivity contribution in [3.8, 4) is 0 Å². The van der Waals surface area contributed by atoms with Gasteiger partial charge in [0, 0.05) is 29.2 Å². The first-order chi connectivity index (χ1) is 9.29. The Kier molecular flexibility index (Phi) is 3.07. The van der Waals surface area contributed by atoms with Crippen LogP contribution in [0.4, 0.5) is 0 Å². The molecule has 0 radical (unpaired) electrons. The number of nitrogens with two attached hydrogens (primary N) is 1. The Bertz CT molecular complexity index is 685. The van der Waals surface area contributed by atoms with Crippen LogP contribution in [-0.4, -0.2) is 10.1 Å². The van der Waals surface area contributed by atoms with Gasteiger partial charge in [-0.25, -0.2) is 0 Å². The van der Waals surface area contributed by atoms with Crippen molar-refractivity contribution in [3.63, 3.8) is 0 Å². The maximum absolute atomic E-state index is 10.5. The van der Waals surface area contributed by atoms with Crippen LogP contribution >= 0.6 is 0 Å². The van der Waals surface area contributed by atoms with Crippen molar-refractivity contribution in [2.45, 2.75) is 12.6 Å². The number of hydrogen-bond acceptors (Lipinski definition) is 2. The van der Waals surface area contributed by atoms with Crippen molar-refractivity contribution >= 4 is 10.9 Å². The Morgan fingerprint density at radius 3 is 2.53 bits per heavy atom. The summed E-state index contributed by atoms with van der Waals surface area (Å²) in [6, 6.07) is 15.7. The average Bonchev–Trinajstić information content (AvgIpc) is 2.90. The van der Waals surface area contributed by atoms with Gasteiger partial charge in [0.15, 0.2) is 0 Å². The van der Waals surface area contributed by atoms with Gasteiger partial charge in [0.1, 0.15) is 6.10 Å². The third-order valence-corrected chi connectivity index (χ3v) is 3.45. The minimum atomic E-state index is -0.622. The number of aromatic amines is 1. The van der Waals surface area contributed by atoms with Crippen molar-refractivity contribution in [1.82, 2.24) is 4.98 Å². The fourth-order valence-electron chi connectivity index (χ4n) is 2.34. The Morgan fingerprint density at radius 2 is 1.79 bits per heavy atom. The molecule has 1 unspecified atom stereocenters. The molecule has 0 aliphatic carbocycles. The van der Waals surface area contributed by atoms with Gasteiger partial charge in [-0.05, 0) is 17.2 Å². The highest BCUT2D eigenvalue weighted by molar-refractivity contribution is 5.83. The van der Waals surface area contributed by atoms with Crippen LogP contribution in [0.15, 0.2) is 54.7 Å². The van der Waals surface area contributed by atoms with Crippen LogP contribution in [0.2, 0.25) is 0 Å². The molecule has 1 aromatic heterocycles. The summed E-state index contributed by atoms with van der Waals surface area (Å²) in [5.74, 6) is 0. The van der Waals surface area contributed by atoms with E-state index in [2.05, 4.69) is 4.98 Å². The van der Waals surface area contributed by atoms with Crippen LogP contribution in [0.3, 0.4) is 0 Å². The number of hydrogen-bond donors (Lipinski definition) is 3. The maximum Gasteiger partial charge on any atom is 0.106 e. The van der Waals surface area contributed by atoms with Gasteiger partial charge in [-0.2, -0.15) is 0 Å². The quantitative estimate of drug-likeness (QED) is 0.671. The lowest BCUT2D eigenvalue weighted by Gasteiger charge is -2.11. The van der Waals surface area contributed by atoms with Gasteiger partial charge in [-0.1, -0.05) is 42.5 Å². The van der Waals surface area contributed by atoms with Crippen LogP contribution in [-0.2, 0) is 6.54 Å². The minimum absolute atomic E-state index is 0.517. The first-order valence-corrected chi connectivity index (χ1v) is 6.32. The summed E-state index contributed by atoms with van der Waals surface area (Å²) in [4.78, 5) is 3.18. The summed E-state index contributed by atoms with van der Waals surface area (Å²) >= 11 is 0. The van der Waals surface area contributed by atoms with E-state index in [0.29, 0.717) is 6.54 Å². The number of rotatable bonds is 3. The summed E-state index contributed by atoms with van der Waals surface area (Å²) < 4.78 is 0. The van der Waals surface area contributed by atoms with Gasteiger partial charge in [-0.3, -0.25) is 0 Å². The molecule has 3 aromatic rings. The fourth-order valence-corrected chi connectivity index (χ4v) is 2.34. The summed E-state index contributed by atoms with van der Waals surface area (Å²) in [7, 11) is 0. The van der Waals surface area contributed by atoms with E-state index in [1.165, 1.54) is 0 Å². The number of nitrogens with one attached hydrogen (secondary N) is 1. The van der Waals surface area contributed by atoms with Crippen molar-refractivity contribution in [2.75, 3.05) is 0 Å². The number of aromatic nitrogens is 1. The smallest absolute Gasteiger partial charge is 0.106 e. The highest BCUT2D eigenvalue weighted by Gasteiger charge is 2.14. The van der Waals surface area contributed by atoms with E-state index in [1.807, 2.05) is 54.7 Å². The zero-order chi connectivity index (χ0) is 13.2. The summed E-state index contributed by atoms with van der Waals surface area (Å²) in [5, 5.41) is 11.5. The van der Waals surface area contributed by atoms with E-state index in [9.17, 15) is 5.11 Å². The Labute approximate surface area is 111 Å². The van der Waals surface area contributed by atoms with Crippen molar-refractivity contribution in [2.24, 2.45) is 5.73 Å². The highest BCUT2D eigenvalue weighted by atomic mass is 16.3. The predicted octanol–water partition coefficient (Wildman–Crippen LogP) is 2.71. The van der Waals surface area contributed by atoms with Crippen LogP contribution < -0.4 is 5.73 Å². The SMILES string of the molecule is NCc1ccc(C(O)c2c[nH]c3ccccc23)cc1. The molecule has 0 bridgehead atoms. The Hall–Kier alpha value is -2.10. The second-order valence-electron chi connectivity index (χ2n) is 4.64. The molecule has 3 nitrogen and oxygen atoms in total. The highest BCUT2D eigenvalue weighted by Crippen LogP contribution is 2.28. The topological polar surface area (TPSA) is 62.0 Å². The Balaban J connectivity index is 2.00. The van der Waals surface area contributed by atoms with Gasteiger partial charge in [0.25, 0.3) is 0 Å². The van der Waals surface area contributed by atoms with Crippen LogP contribution in [0.1, 0.15) is 22.8 Å². The summed E-state index contributed by atoms with van der Waals surface area (Å²) in [6.45, 7) is 0.517. The first-order valence-electron chi connectivity index (χ1n) is 6.32. The molecule has 2 aromatic carbocycles. The van der Waals surface area contributed by atoms with Crippen LogP contribution in [0.5, 0.6) is 0 Å². The molecule has 3 heteroatoms. The molecule has 0 aliphatic heterocycles. The number of H-pyrrole nitrogens is 1. The molecule has 0 aliphatic rings. The zero-order valence-electron chi connectivity index (χ0n) is 10.5. The number of fused-ring (bicyclic) bond motifs is 1. The average molecular weight is 252 g/mol. The molecule has 0 saturated carbocycles. The number of aliphatic hydroxyl groups excluding tert-OH is 1. The number of para-hydroxylation sites is 1. The van der Waals surface area contributed by atoms with Crippen LogP contribution in [0, 0.1) is 0 Å². The zero-order valence-corrected chi connectivity index (χ0v) is 10.5.